The number of amides is 2. The molecule has 0 radical (unpaired) electrons. The molecule has 1 N–H and O–H groups in total. The van der Waals surface area contributed by atoms with E-state index in [9.17, 15) is 4.79 Å². The van der Waals surface area contributed by atoms with Crippen molar-refractivity contribution in [1.82, 2.24) is 4.90 Å². The average molecular weight is 302 g/mol. The van der Waals surface area contributed by atoms with Crippen LogP contribution in [-0.2, 0) is 6.42 Å². The van der Waals surface area contributed by atoms with E-state index in [0.29, 0.717) is 11.4 Å². The molecule has 0 fully saturated rings. The van der Waals surface area contributed by atoms with E-state index in [0.717, 1.165) is 13.0 Å². The number of rotatable bonds is 2. The van der Waals surface area contributed by atoms with Crippen LogP contribution in [0.2, 0.25) is 0 Å². The molecule has 1 atom stereocenters. The first kappa shape index (κ1) is 13.9. The van der Waals surface area contributed by atoms with E-state index in [2.05, 4.69) is 23.7 Å². The third kappa shape index (κ3) is 2.61. The smallest absolute Gasteiger partial charge is 0.322 e. The van der Waals surface area contributed by atoms with Gasteiger partial charge in [0.2, 0.25) is 0 Å². The van der Waals surface area contributed by atoms with Crippen molar-refractivity contribution in [2.45, 2.75) is 19.4 Å². The minimum absolute atomic E-state index is 0.0798. The predicted molar refractivity (Wildman–Crippen MR) is 85.2 cm³/mol. The first-order valence-corrected chi connectivity index (χ1v) is 7.85. The number of hydrogen-bond donors (Lipinski definition) is 1. The summed E-state index contributed by atoms with van der Waals surface area (Å²) in [4.78, 5) is 15.8. The number of para-hydroxylation sites is 2. The molecule has 5 heteroatoms. The van der Waals surface area contributed by atoms with Gasteiger partial charge in [-0.05, 0) is 42.5 Å². The van der Waals surface area contributed by atoms with Crippen LogP contribution in [-0.4, -0.2) is 24.6 Å². The van der Waals surface area contributed by atoms with Gasteiger partial charge in [-0.15, -0.1) is 11.3 Å². The fourth-order valence-corrected chi connectivity index (χ4v) is 3.68. The first-order chi connectivity index (χ1) is 10.2. The third-order valence-corrected chi connectivity index (χ3v) is 4.88. The lowest BCUT2D eigenvalue weighted by Crippen LogP contribution is -2.41. The lowest BCUT2D eigenvalue weighted by Gasteiger charge is -2.33. The minimum Gasteiger partial charge on any atom is -0.495 e. The topological polar surface area (TPSA) is 41.6 Å². The molecule has 0 saturated carbocycles. The minimum atomic E-state index is -0.0798. The highest BCUT2D eigenvalue weighted by molar-refractivity contribution is 7.10. The summed E-state index contributed by atoms with van der Waals surface area (Å²) in [5.41, 5.74) is 1.97. The Morgan fingerprint density at radius 1 is 1.38 bits per heavy atom. The second-order valence-corrected chi connectivity index (χ2v) is 6.05. The van der Waals surface area contributed by atoms with Crippen LogP contribution in [0.5, 0.6) is 5.75 Å². The Morgan fingerprint density at radius 3 is 3.00 bits per heavy atom. The fraction of sp³-hybridized carbons (Fsp3) is 0.312. The van der Waals surface area contributed by atoms with E-state index in [1.165, 1.54) is 10.4 Å². The summed E-state index contributed by atoms with van der Waals surface area (Å²) in [7, 11) is 1.60. The van der Waals surface area contributed by atoms with Crippen molar-refractivity contribution in [2.24, 2.45) is 0 Å². The van der Waals surface area contributed by atoms with Crippen molar-refractivity contribution < 1.29 is 9.53 Å². The monoisotopic (exact) mass is 302 g/mol. The number of benzene rings is 1. The van der Waals surface area contributed by atoms with Crippen molar-refractivity contribution in [3.05, 3.63) is 46.2 Å². The SMILES string of the molecule is COc1ccccc1NC(=O)N1CCc2sccc2[C@@H]1C. The van der Waals surface area contributed by atoms with Crippen LogP contribution in [0.15, 0.2) is 35.7 Å². The molecule has 0 spiro atoms. The lowest BCUT2D eigenvalue weighted by molar-refractivity contribution is 0.189. The van der Waals surface area contributed by atoms with Gasteiger partial charge in [-0.1, -0.05) is 12.1 Å². The van der Waals surface area contributed by atoms with Gasteiger partial charge in [-0.2, -0.15) is 0 Å². The van der Waals surface area contributed by atoms with Crippen LogP contribution in [0, 0.1) is 0 Å². The van der Waals surface area contributed by atoms with Crippen LogP contribution >= 0.6 is 11.3 Å². The molecule has 3 rings (SSSR count). The summed E-state index contributed by atoms with van der Waals surface area (Å²) < 4.78 is 5.27. The van der Waals surface area contributed by atoms with Crippen LogP contribution < -0.4 is 10.1 Å². The molecular formula is C16H18N2O2S. The highest BCUT2D eigenvalue weighted by Gasteiger charge is 2.28. The summed E-state index contributed by atoms with van der Waals surface area (Å²) in [5.74, 6) is 0.673. The van der Waals surface area contributed by atoms with Crippen molar-refractivity contribution in [2.75, 3.05) is 19.0 Å². The summed E-state index contributed by atoms with van der Waals surface area (Å²) in [6.45, 7) is 2.82. The molecule has 110 valence electrons. The maximum Gasteiger partial charge on any atom is 0.322 e. The molecule has 4 nitrogen and oxygen atoms in total. The third-order valence-electron chi connectivity index (χ3n) is 3.89. The zero-order valence-electron chi connectivity index (χ0n) is 12.1. The molecule has 2 aromatic rings. The maximum absolute atomic E-state index is 12.5. The highest BCUT2D eigenvalue weighted by atomic mass is 32.1. The van der Waals surface area contributed by atoms with Gasteiger partial charge < -0.3 is 15.0 Å². The Kier molecular flexibility index (Phi) is 3.84. The van der Waals surface area contributed by atoms with Gasteiger partial charge >= 0.3 is 6.03 Å². The average Bonchev–Trinajstić information content (AvgIpc) is 2.97. The molecule has 21 heavy (non-hydrogen) atoms. The number of fused-ring (bicyclic) bond motifs is 1. The van der Waals surface area contributed by atoms with Gasteiger partial charge in [0.25, 0.3) is 0 Å². The summed E-state index contributed by atoms with van der Waals surface area (Å²) >= 11 is 1.77. The number of carbonyl (C=O) groups is 1. The second kappa shape index (κ2) is 5.77. The number of ether oxygens (including phenoxy) is 1. The summed E-state index contributed by atoms with van der Waals surface area (Å²) in [6.07, 6.45) is 0.927. The molecular weight excluding hydrogens is 284 g/mol. The summed E-state index contributed by atoms with van der Waals surface area (Å²) in [6, 6.07) is 9.60. The van der Waals surface area contributed by atoms with E-state index in [-0.39, 0.29) is 12.1 Å². The molecule has 2 heterocycles. The molecule has 1 aliphatic heterocycles. The van der Waals surface area contributed by atoms with Crippen molar-refractivity contribution in [3.63, 3.8) is 0 Å². The number of methoxy groups -OCH3 is 1. The Balaban J connectivity index is 1.77. The van der Waals surface area contributed by atoms with Crippen LogP contribution in [0.4, 0.5) is 10.5 Å². The van der Waals surface area contributed by atoms with Gasteiger partial charge in [-0.25, -0.2) is 4.79 Å². The van der Waals surface area contributed by atoms with E-state index in [1.54, 1.807) is 18.4 Å². The first-order valence-electron chi connectivity index (χ1n) is 6.97. The second-order valence-electron chi connectivity index (χ2n) is 5.05. The summed E-state index contributed by atoms with van der Waals surface area (Å²) in [5, 5.41) is 5.05. The highest BCUT2D eigenvalue weighted by Crippen LogP contribution is 2.33. The quantitative estimate of drug-likeness (QED) is 0.914. The Bertz CT molecular complexity index is 653. The number of hydrogen-bond acceptors (Lipinski definition) is 3. The zero-order chi connectivity index (χ0) is 14.8. The number of thiophene rings is 1. The number of urea groups is 1. The molecule has 0 saturated heterocycles. The van der Waals surface area contributed by atoms with Crippen LogP contribution in [0.25, 0.3) is 0 Å². The van der Waals surface area contributed by atoms with E-state index in [4.69, 9.17) is 4.74 Å². The number of carbonyl (C=O) groups excluding carboxylic acids is 1. The molecule has 0 unspecified atom stereocenters. The van der Waals surface area contributed by atoms with Gasteiger partial charge in [0.1, 0.15) is 5.75 Å². The Hall–Kier alpha value is -2.01. The Labute approximate surface area is 128 Å². The predicted octanol–water partition coefficient (Wildman–Crippen LogP) is 3.91. The van der Waals surface area contributed by atoms with Crippen molar-refractivity contribution in [1.29, 1.82) is 0 Å². The van der Waals surface area contributed by atoms with Crippen LogP contribution in [0.3, 0.4) is 0 Å². The zero-order valence-corrected chi connectivity index (χ0v) is 12.9. The molecule has 0 aliphatic carbocycles. The van der Waals surface area contributed by atoms with E-state index < -0.39 is 0 Å². The molecule has 0 bridgehead atoms. The maximum atomic E-state index is 12.5. The van der Waals surface area contributed by atoms with Gasteiger partial charge in [-0.3, -0.25) is 0 Å². The standard InChI is InChI=1S/C16H18N2O2S/c1-11-12-8-10-21-15(12)7-9-18(11)16(19)17-13-5-3-4-6-14(13)20-2/h3-6,8,10-11H,7,9H2,1-2H3,(H,17,19)/t11-/m0/s1. The normalized spacial score (nSPS) is 17.2. The number of nitrogens with one attached hydrogen (secondary N) is 1. The van der Waals surface area contributed by atoms with Crippen LogP contribution in [0.1, 0.15) is 23.4 Å². The number of nitrogens with zero attached hydrogens (tertiary/aromatic N) is 1. The molecule has 2 amide bonds. The van der Waals surface area contributed by atoms with Crippen molar-refractivity contribution >= 4 is 23.1 Å². The van der Waals surface area contributed by atoms with E-state index in [1.807, 2.05) is 29.2 Å². The largest absolute Gasteiger partial charge is 0.495 e. The van der Waals surface area contributed by atoms with Crippen molar-refractivity contribution in [3.8, 4) is 5.75 Å². The molecule has 1 aromatic carbocycles. The molecule has 1 aromatic heterocycles. The van der Waals surface area contributed by atoms with Gasteiger partial charge in [0, 0.05) is 11.4 Å². The fourth-order valence-electron chi connectivity index (χ4n) is 2.72. The van der Waals surface area contributed by atoms with Gasteiger partial charge in [0.15, 0.2) is 0 Å². The van der Waals surface area contributed by atoms with Gasteiger partial charge in [0.05, 0.1) is 18.8 Å². The number of anilines is 1. The van der Waals surface area contributed by atoms with E-state index >= 15 is 0 Å². The molecule has 1 aliphatic rings. The Morgan fingerprint density at radius 2 is 2.19 bits per heavy atom. The lowest BCUT2D eigenvalue weighted by atomic mass is 10.0.